The molecule has 0 radical (unpaired) electrons. The van der Waals surface area contributed by atoms with Gasteiger partial charge in [0.2, 0.25) is 5.65 Å². The van der Waals surface area contributed by atoms with E-state index in [1.54, 1.807) is 0 Å². The molecule has 9 nitrogen and oxygen atoms in total. The molecule has 21 heavy (non-hydrogen) atoms. The fourth-order valence-corrected chi connectivity index (χ4v) is 2.61. The van der Waals surface area contributed by atoms with Crippen molar-refractivity contribution in [3.63, 3.8) is 0 Å². The summed E-state index contributed by atoms with van der Waals surface area (Å²) in [7, 11) is -3.47. The molecular weight excluding hydrogens is 300 g/mol. The number of aromatic carboxylic acids is 1. The van der Waals surface area contributed by atoms with Gasteiger partial charge in [0, 0.05) is 17.4 Å². The van der Waals surface area contributed by atoms with E-state index in [2.05, 4.69) is 10.2 Å². The number of sulfone groups is 1. The van der Waals surface area contributed by atoms with Crippen molar-refractivity contribution < 1.29 is 23.2 Å². The van der Waals surface area contributed by atoms with Crippen LogP contribution in [0.25, 0.3) is 16.7 Å². The Morgan fingerprint density at radius 3 is 2.76 bits per heavy atom. The molecule has 3 rings (SSSR count). The van der Waals surface area contributed by atoms with Crippen molar-refractivity contribution in [3.8, 4) is 0 Å². The third-order valence-corrected chi connectivity index (χ3v) is 4.08. The van der Waals surface area contributed by atoms with E-state index < -0.39 is 15.8 Å². The van der Waals surface area contributed by atoms with Gasteiger partial charge in [-0.05, 0) is 17.0 Å². The Morgan fingerprint density at radius 2 is 2.14 bits per heavy atom. The zero-order valence-electron chi connectivity index (χ0n) is 10.6. The molecule has 0 aliphatic carbocycles. The highest BCUT2D eigenvalue weighted by molar-refractivity contribution is 7.90. The van der Waals surface area contributed by atoms with Gasteiger partial charge in [0.05, 0.1) is 11.1 Å². The van der Waals surface area contributed by atoms with Crippen LogP contribution in [0, 0.1) is 5.21 Å². The van der Waals surface area contributed by atoms with Crippen molar-refractivity contribution in [2.24, 2.45) is 0 Å². The first kappa shape index (κ1) is 13.2. The largest absolute Gasteiger partial charge is 0.594 e. The minimum absolute atomic E-state index is 0.00475. The van der Waals surface area contributed by atoms with Gasteiger partial charge in [0.1, 0.15) is 11.1 Å². The van der Waals surface area contributed by atoms with Crippen LogP contribution >= 0.6 is 0 Å². The van der Waals surface area contributed by atoms with Gasteiger partial charge in [-0.1, -0.05) is 0 Å². The van der Waals surface area contributed by atoms with Crippen molar-refractivity contribution in [3.05, 3.63) is 35.2 Å². The van der Waals surface area contributed by atoms with E-state index >= 15 is 0 Å². The molecule has 0 amide bonds. The number of benzene rings is 1. The zero-order chi connectivity index (χ0) is 15.4. The normalized spacial score (nSPS) is 12.0. The predicted octanol–water partition coefficient (Wildman–Crippen LogP) is -0.382. The molecule has 1 aromatic carbocycles. The highest BCUT2D eigenvalue weighted by Gasteiger charge is 2.21. The summed E-state index contributed by atoms with van der Waals surface area (Å²) < 4.78 is 24.3. The topological polar surface area (TPSA) is 129 Å². The fourth-order valence-electron chi connectivity index (χ4n) is 1.97. The third kappa shape index (κ3) is 1.96. The third-order valence-electron chi connectivity index (χ3n) is 2.97. The maximum atomic E-state index is 11.8. The SMILES string of the molecule is CS(=O)(=O)c1ccc2c(c1)n1ncc(C(=O)O)c1n[n+]2[O-]. The van der Waals surface area contributed by atoms with E-state index in [0.29, 0.717) is 0 Å². The van der Waals surface area contributed by atoms with Crippen molar-refractivity contribution in [2.45, 2.75) is 4.90 Å². The lowest BCUT2D eigenvalue weighted by Gasteiger charge is -2.03. The number of carboxylic acid groups (broad SMARTS) is 1. The quantitative estimate of drug-likeness (QED) is 0.504. The van der Waals surface area contributed by atoms with E-state index in [1.807, 2.05) is 0 Å². The summed E-state index contributed by atoms with van der Waals surface area (Å²) in [5.74, 6) is -1.28. The average Bonchev–Trinajstić information content (AvgIpc) is 2.81. The number of hydrogen-bond acceptors (Lipinski definition) is 6. The molecule has 0 fully saturated rings. The molecule has 0 saturated heterocycles. The molecule has 108 valence electrons. The van der Waals surface area contributed by atoms with Gasteiger partial charge in [-0.3, -0.25) is 0 Å². The summed E-state index contributed by atoms with van der Waals surface area (Å²) in [4.78, 5) is 11.3. The monoisotopic (exact) mass is 308 g/mol. The zero-order valence-corrected chi connectivity index (χ0v) is 11.4. The summed E-state index contributed by atoms with van der Waals surface area (Å²) in [6.45, 7) is 0. The van der Waals surface area contributed by atoms with Crippen LogP contribution in [0.1, 0.15) is 10.4 Å². The first-order valence-corrected chi connectivity index (χ1v) is 7.53. The lowest BCUT2D eigenvalue weighted by atomic mass is 10.3. The van der Waals surface area contributed by atoms with Gasteiger partial charge in [-0.25, -0.2) is 17.7 Å². The summed E-state index contributed by atoms with van der Waals surface area (Å²) in [5, 5.41) is 28.3. The molecule has 0 aliphatic heterocycles. The second-order valence-electron chi connectivity index (χ2n) is 4.39. The van der Waals surface area contributed by atoms with Crippen molar-refractivity contribution in [1.82, 2.24) is 14.7 Å². The summed E-state index contributed by atoms with van der Waals surface area (Å²) in [6, 6.07) is 3.83. The molecule has 0 saturated carbocycles. The number of rotatable bonds is 2. The lowest BCUT2D eigenvalue weighted by molar-refractivity contribution is -0.640. The van der Waals surface area contributed by atoms with Crippen LogP contribution in [0.15, 0.2) is 29.3 Å². The van der Waals surface area contributed by atoms with Crippen molar-refractivity contribution >= 4 is 32.5 Å². The van der Waals surface area contributed by atoms with Gasteiger partial charge < -0.3 is 10.3 Å². The summed E-state index contributed by atoms with van der Waals surface area (Å²) >= 11 is 0. The van der Waals surface area contributed by atoms with Gasteiger partial charge in [0.25, 0.3) is 5.52 Å². The van der Waals surface area contributed by atoms with Crippen LogP contribution in [0.2, 0.25) is 0 Å². The highest BCUT2D eigenvalue weighted by atomic mass is 32.2. The minimum Gasteiger partial charge on any atom is -0.594 e. The molecule has 0 spiro atoms. The molecule has 0 unspecified atom stereocenters. The molecule has 3 aromatic rings. The number of aromatic nitrogens is 4. The number of fused-ring (bicyclic) bond motifs is 3. The number of carbonyl (C=O) groups is 1. The van der Waals surface area contributed by atoms with Crippen LogP contribution < -0.4 is 4.85 Å². The first-order chi connectivity index (χ1) is 9.79. The minimum atomic E-state index is -3.47. The first-order valence-electron chi connectivity index (χ1n) is 5.64. The van der Waals surface area contributed by atoms with Gasteiger partial charge in [-0.15, -0.1) is 0 Å². The van der Waals surface area contributed by atoms with Crippen molar-refractivity contribution in [1.29, 1.82) is 0 Å². The van der Waals surface area contributed by atoms with Gasteiger partial charge in [-0.2, -0.15) is 5.10 Å². The summed E-state index contributed by atoms with van der Waals surface area (Å²) in [6.07, 6.45) is 2.08. The van der Waals surface area contributed by atoms with Crippen LogP contribution in [0.3, 0.4) is 0 Å². The second kappa shape index (κ2) is 4.12. The fraction of sp³-hybridized carbons (Fsp3) is 0.0909. The molecule has 0 aliphatic rings. The van der Waals surface area contributed by atoms with E-state index in [4.69, 9.17) is 5.11 Å². The Hall–Kier alpha value is -2.75. The van der Waals surface area contributed by atoms with Crippen LogP contribution in [-0.2, 0) is 9.84 Å². The van der Waals surface area contributed by atoms with Crippen LogP contribution in [0.5, 0.6) is 0 Å². The number of nitrogens with zero attached hydrogens (tertiary/aromatic N) is 4. The number of carboxylic acids is 1. The summed E-state index contributed by atoms with van der Waals surface area (Å²) in [5.41, 5.74) is -0.165. The van der Waals surface area contributed by atoms with Gasteiger partial charge in [0.15, 0.2) is 9.84 Å². The smallest absolute Gasteiger partial charge is 0.341 e. The molecule has 10 heteroatoms. The van der Waals surface area contributed by atoms with E-state index in [9.17, 15) is 18.4 Å². The van der Waals surface area contributed by atoms with E-state index in [1.165, 1.54) is 18.2 Å². The van der Waals surface area contributed by atoms with E-state index in [0.717, 1.165) is 17.0 Å². The number of hydrogen-bond donors (Lipinski definition) is 1. The Kier molecular flexibility index (Phi) is 2.60. The van der Waals surface area contributed by atoms with Gasteiger partial charge >= 0.3 is 5.97 Å². The molecule has 0 atom stereocenters. The molecular formula is C11H8N4O5S. The molecule has 0 bridgehead atoms. The standard InChI is InChI=1S/C11H8N4O5S/c1-21(19,20)6-2-3-8-9(4-6)14-10(13-15(8)18)7(5-12-14)11(16)17/h2-5H,1H3,(H,16,17). The highest BCUT2D eigenvalue weighted by Crippen LogP contribution is 2.18. The van der Waals surface area contributed by atoms with Crippen LogP contribution in [0.4, 0.5) is 0 Å². The Balaban J connectivity index is 2.49. The lowest BCUT2D eigenvalue weighted by Crippen LogP contribution is -2.33. The van der Waals surface area contributed by atoms with E-state index in [-0.39, 0.29) is 32.0 Å². The van der Waals surface area contributed by atoms with Crippen LogP contribution in [-0.4, -0.2) is 40.5 Å². The van der Waals surface area contributed by atoms with Crippen molar-refractivity contribution in [2.75, 3.05) is 6.26 Å². The second-order valence-corrected chi connectivity index (χ2v) is 6.41. The maximum absolute atomic E-state index is 11.8. The molecule has 2 heterocycles. The average molecular weight is 308 g/mol. The predicted molar refractivity (Wildman–Crippen MR) is 69.5 cm³/mol. The Bertz CT molecular complexity index is 1010. The molecule has 2 aromatic heterocycles. The Labute approximate surface area is 117 Å². The Morgan fingerprint density at radius 1 is 1.43 bits per heavy atom. The maximum Gasteiger partial charge on any atom is 0.341 e. The molecule has 1 N–H and O–H groups in total.